The lowest BCUT2D eigenvalue weighted by Crippen LogP contribution is -2.35. The summed E-state index contributed by atoms with van der Waals surface area (Å²) in [6.45, 7) is 1.91. The monoisotopic (exact) mass is 178 g/mol. The molecule has 2 atom stereocenters. The number of aromatic nitrogens is 1. The van der Waals surface area contributed by atoms with Crippen molar-refractivity contribution in [3.05, 3.63) is 17.5 Å². The van der Waals surface area contributed by atoms with Gasteiger partial charge in [-0.1, -0.05) is 5.16 Å². The molecule has 0 aromatic carbocycles. The van der Waals surface area contributed by atoms with E-state index in [1.165, 1.54) is 6.42 Å². The van der Waals surface area contributed by atoms with E-state index in [1.807, 2.05) is 13.0 Å². The second-order valence-corrected chi connectivity index (χ2v) is 4.64. The average Bonchev–Trinajstić information content (AvgIpc) is 2.54. The second-order valence-electron chi connectivity index (χ2n) is 4.64. The van der Waals surface area contributed by atoms with Crippen molar-refractivity contribution >= 4 is 0 Å². The van der Waals surface area contributed by atoms with E-state index in [4.69, 9.17) is 10.3 Å². The molecule has 1 aromatic heterocycles. The Bertz CT molecular complexity index is 334. The maximum absolute atomic E-state index is 6.29. The highest BCUT2D eigenvalue weighted by Crippen LogP contribution is 2.58. The van der Waals surface area contributed by atoms with Crippen molar-refractivity contribution in [2.24, 2.45) is 17.6 Å². The summed E-state index contributed by atoms with van der Waals surface area (Å²) in [5.74, 6) is 2.62. The first kappa shape index (κ1) is 7.56. The molecule has 0 spiro atoms. The highest BCUT2D eigenvalue weighted by atomic mass is 16.5. The Labute approximate surface area is 77.3 Å². The lowest BCUT2D eigenvalue weighted by Gasteiger charge is -2.22. The van der Waals surface area contributed by atoms with Crippen LogP contribution in [0, 0.1) is 18.8 Å². The van der Waals surface area contributed by atoms with Gasteiger partial charge in [-0.25, -0.2) is 0 Å². The molecule has 0 radical (unpaired) electrons. The van der Waals surface area contributed by atoms with Crippen molar-refractivity contribution < 1.29 is 4.52 Å². The maximum Gasteiger partial charge on any atom is 0.134 e. The van der Waals surface area contributed by atoms with E-state index >= 15 is 0 Å². The summed E-state index contributed by atoms with van der Waals surface area (Å²) in [4.78, 5) is 0. The first-order valence-corrected chi connectivity index (χ1v) is 4.90. The third-order valence-corrected chi connectivity index (χ3v) is 3.46. The first-order chi connectivity index (χ1) is 6.17. The molecular formula is C10H14N2O. The summed E-state index contributed by atoms with van der Waals surface area (Å²) in [5.41, 5.74) is 7.07. The van der Waals surface area contributed by atoms with Gasteiger partial charge in [-0.3, -0.25) is 0 Å². The number of nitrogens with two attached hydrogens (primary N) is 1. The Morgan fingerprint density at radius 3 is 2.77 bits per heavy atom. The van der Waals surface area contributed by atoms with E-state index in [0.717, 1.165) is 36.1 Å². The zero-order valence-corrected chi connectivity index (χ0v) is 7.79. The third-order valence-electron chi connectivity index (χ3n) is 3.46. The van der Waals surface area contributed by atoms with E-state index in [2.05, 4.69) is 5.16 Å². The largest absolute Gasteiger partial charge is 0.361 e. The van der Waals surface area contributed by atoms with Gasteiger partial charge in [-0.2, -0.15) is 0 Å². The molecule has 0 aliphatic heterocycles. The fourth-order valence-electron chi connectivity index (χ4n) is 2.64. The molecule has 0 saturated heterocycles. The SMILES string of the molecule is Cc1cc(C2(N)CC3CC3C2)no1. The van der Waals surface area contributed by atoms with Crippen molar-refractivity contribution in [1.82, 2.24) is 5.16 Å². The summed E-state index contributed by atoms with van der Waals surface area (Å²) in [7, 11) is 0. The molecular weight excluding hydrogens is 164 g/mol. The molecule has 1 heterocycles. The highest BCUT2D eigenvalue weighted by Gasteiger charge is 2.53. The van der Waals surface area contributed by atoms with Gasteiger partial charge < -0.3 is 10.3 Å². The Balaban J connectivity index is 1.91. The number of aryl methyl sites for hydroxylation is 1. The number of hydrogen-bond donors (Lipinski definition) is 1. The minimum absolute atomic E-state index is 0.175. The lowest BCUT2D eigenvalue weighted by atomic mass is 9.91. The van der Waals surface area contributed by atoms with Gasteiger partial charge in [0.05, 0.1) is 5.54 Å². The summed E-state index contributed by atoms with van der Waals surface area (Å²) < 4.78 is 5.06. The molecule has 0 amide bonds. The van der Waals surface area contributed by atoms with Gasteiger partial charge in [0.1, 0.15) is 11.5 Å². The smallest absolute Gasteiger partial charge is 0.134 e. The topological polar surface area (TPSA) is 52.0 Å². The van der Waals surface area contributed by atoms with Crippen LogP contribution in [-0.2, 0) is 5.54 Å². The van der Waals surface area contributed by atoms with Crippen molar-refractivity contribution in [2.75, 3.05) is 0 Å². The molecule has 0 bridgehead atoms. The summed E-state index contributed by atoms with van der Waals surface area (Å²) >= 11 is 0. The minimum atomic E-state index is -0.175. The van der Waals surface area contributed by atoms with Crippen LogP contribution in [0.2, 0.25) is 0 Å². The van der Waals surface area contributed by atoms with Crippen molar-refractivity contribution in [1.29, 1.82) is 0 Å². The minimum Gasteiger partial charge on any atom is -0.361 e. The normalized spacial score (nSPS) is 42.0. The van der Waals surface area contributed by atoms with Gasteiger partial charge in [0.2, 0.25) is 0 Å². The Morgan fingerprint density at radius 2 is 2.23 bits per heavy atom. The molecule has 1 aromatic rings. The zero-order chi connectivity index (χ0) is 9.05. The molecule has 2 aliphatic rings. The quantitative estimate of drug-likeness (QED) is 0.710. The Morgan fingerprint density at radius 1 is 1.54 bits per heavy atom. The maximum atomic E-state index is 6.29. The lowest BCUT2D eigenvalue weighted by molar-refractivity contribution is 0.341. The van der Waals surface area contributed by atoms with E-state index in [1.54, 1.807) is 0 Å². The van der Waals surface area contributed by atoms with Crippen LogP contribution in [-0.4, -0.2) is 5.16 Å². The predicted molar refractivity (Wildman–Crippen MR) is 47.9 cm³/mol. The van der Waals surface area contributed by atoms with Crippen LogP contribution in [0.15, 0.2) is 10.6 Å². The van der Waals surface area contributed by atoms with Crippen molar-refractivity contribution in [3.63, 3.8) is 0 Å². The van der Waals surface area contributed by atoms with Gasteiger partial charge in [-0.15, -0.1) is 0 Å². The van der Waals surface area contributed by atoms with Crippen LogP contribution in [0.1, 0.15) is 30.7 Å². The highest BCUT2D eigenvalue weighted by molar-refractivity contribution is 5.21. The molecule has 3 rings (SSSR count). The number of rotatable bonds is 1. The van der Waals surface area contributed by atoms with E-state index in [0.29, 0.717) is 0 Å². The van der Waals surface area contributed by atoms with Crippen LogP contribution < -0.4 is 5.73 Å². The second kappa shape index (κ2) is 2.15. The van der Waals surface area contributed by atoms with Crippen LogP contribution in [0.25, 0.3) is 0 Å². The molecule has 2 fully saturated rings. The zero-order valence-electron chi connectivity index (χ0n) is 7.79. The van der Waals surface area contributed by atoms with Gasteiger partial charge in [-0.05, 0) is 38.0 Å². The summed E-state index contributed by atoms with van der Waals surface area (Å²) in [6, 6.07) is 1.98. The predicted octanol–water partition coefficient (Wildman–Crippen LogP) is 1.57. The van der Waals surface area contributed by atoms with Crippen molar-refractivity contribution in [3.8, 4) is 0 Å². The molecule has 3 heteroatoms. The standard InChI is InChI=1S/C10H14N2O/c1-6-2-9(12-13-6)10(11)4-7-3-8(7)5-10/h2,7-8H,3-5,11H2,1H3. The first-order valence-electron chi connectivity index (χ1n) is 4.90. The number of hydrogen-bond acceptors (Lipinski definition) is 3. The Hall–Kier alpha value is -0.830. The van der Waals surface area contributed by atoms with Crippen LogP contribution in [0.3, 0.4) is 0 Å². The van der Waals surface area contributed by atoms with Crippen LogP contribution in [0.4, 0.5) is 0 Å². The molecule has 2 saturated carbocycles. The molecule has 70 valence electrons. The fraction of sp³-hybridized carbons (Fsp3) is 0.700. The van der Waals surface area contributed by atoms with Gasteiger partial charge in [0, 0.05) is 6.07 Å². The van der Waals surface area contributed by atoms with E-state index < -0.39 is 0 Å². The van der Waals surface area contributed by atoms with Crippen molar-refractivity contribution in [2.45, 2.75) is 31.7 Å². The van der Waals surface area contributed by atoms with E-state index in [-0.39, 0.29) is 5.54 Å². The molecule has 2 aliphatic carbocycles. The summed E-state index contributed by atoms with van der Waals surface area (Å²) in [6.07, 6.45) is 3.59. The van der Waals surface area contributed by atoms with E-state index in [9.17, 15) is 0 Å². The molecule has 13 heavy (non-hydrogen) atoms. The molecule has 2 unspecified atom stereocenters. The van der Waals surface area contributed by atoms with Gasteiger partial charge in [0.15, 0.2) is 0 Å². The third kappa shape index (κ3) is 1.03. The van der Waals surface area contributed by atoms with Crippen LogP contribution >= 0.6 is 0 Å². The Kier molecular flexibility index (Phi) is 1.25. The molecule has 3 nitrogen and oxygen atoms in total. The average molecular weight is 178 g/mol. The van der Waals surface area contributed by atoms with Gasteiger partial charge >= 0.3 is 0 Å². The number of fused-ring (bicyclic) bond motifs is 1. The summed E-state index contributed by atoms with van der Waals surface area (Å²) in [5, 5.41) is 4.02. The fourth-order valence-corrected chi connectivity index (χ4v) is 2.64. The van der Waals surface area contributed by atoms with Crippen LogP contribution in [0.5, 0.6) is 0 Å². The molecule has 2 N–H and O–H groups in total. The number of nitrogens with zero attached hydrogens (tertiary/aromatic N) is 1. The van der Waals surface area contributed by atoms with Gasteiger partial charge in [0.25, 0.3) is 0 Å².